The zero-order chi connectivity index (χ0) is 15.2. The van der Waals surface area contributed by atoms with Gasteiger partial charge in [-0.25, -0.2) is 8.42 Å². The molecule has 4 nitrogen and oxygen atoms in total. The Balaban J connectivity index is 2.74. The van der Waals surface area contributed by atoms with Crippen LogP contribution in [0.15, 0.2) is 29.2 Å². The van der Waals surface area contributed by atoms with Gasteiger partial charge in [-0.05, 0) is 37.6 Å². The smallest absolute Gasteiger partial charge is 0.179 e. The van der Waals surface area contributed by atoms with E-state index in [9.17, 15) is 8.42 Å². The Morgan fingerprint density at radius 2 is 1.90 bits per heavy atom. The van der Waals surface area contributed by atoms with Gasteiger partial charge in [0.15, 0.2) is 9.84 Å². The lowest BCUT2D eigenvalue weighted by Crippen LogP contribution is -2.34. The predicted octanol–water partition coefficient (Wildman–Crippen LogP) is 2.04. The van der Waals surface area contributed by atoms with E-state index in [0.29, 0.717) is 24.0 Å². The number of rotatable bonds is 8. The number of benzene rings is 1. The third-order valence-corrected chi connectivity index (χ3v) is 5.46. The van der Waals surface area contributed by atoms with Gasteiger partial charge in [-0.2, -0.15) is 0 Å². The molecular weight excluding hydrogens is 272 g/mol. The lowest BCUT2D eigenvalue weighted by molar-refractivity contribution is 0.242. The second kappa shape index (κ2) is 7.76. The van der Waals surface area contributed by atoms with Crippen molar-refractivity contribution in [3.05, 3.63) is 29.8 Å². The van der Waals surface area contributed by atoms with Gasteiger partial charge < -0.3 is 10.6 Å². The van der Waals surface area contributed by atoms with Crippen molar-refractivity contribution >= 4 is 9.84 Å². The van der Waals surface area contributed by atoms with Gasteiger partial charge in [0, 0.05) is 19.1 Å². The van der Waals surface area contributed by atoms with Crippen LogP contribution in [-0.4, -0.2) is 38.7 Å². The topological polar surface area (TPSA) is 63.4 Å². The Bertz CT molecular complexity index is 510. The molecule has 5 heteroatoms. The average Bonchev–Trinajstić information content (AvgIpc) is 2.46. The Morgan fingerprint density at radius 1 is 1.25 bits per heavy atom. The van der Waals surface area contributed by atoms with Crippen LogP contribution in [0.2, 0.25) is 0 Å². The van der Waals surface area contributed by atoms with Crippen molar-refractivity contribution in [2.75, 3.05) is 19.3 Å². The van der Waals surface area contributed by atoms with Crippen molar-refractivity contribution in [2.45, 2.75) is 44.2 Å². The number of nitrogens with zero attached hydrogens (tertiary/aromatic N) is 1. The van der Waals surface area contributed by atoms with Crippen LogP contribution in [0.25, 0.3) is 0 Å². The summed E-state index contributed by atoms with van der Waals surface area (Å²) in [5.74, 6) is 0.147. The van der Waals surface area contributed by atoms with E-state index in [1.165, 1.54) is 0 Å². The van der Waals surface area contributed by atoms with E-state index < -0.39 is 9.84 Å². The molecular formula is C15H26N2O2S. The molecule has 1 aromatic rings. The molecule has 0 aliphatic heterocycles. The van der Waals surface area contributed by atoms with Crippen LogP contribution in [0.1, 0.15) is 32.3 Å². The molecule has 0 amide bonds. The first-order valence-corrected chi connectivity index (χ1v) is 8.81. The molecule has 0 spiro atoms. The van der Waals surface area contributed by atoms with Crippen molar-refractivity contribution in [1.82, 2.24) is 4.90 Å². The summed E-state index contributed by atoms with van der Waals surface area (Å²) in [7, 11) is -1.25. The van der Waals surface area contributed by atoms with Crippen LogP contribution < -0.4 is 5.73 Å². The van der Waals surface area contributed by atoms with Crippen LogP contribution in [0.4, 0.5) is 0 Å². The fourth-order valence-electron chi connectivity index (χ4n) is 2.34. The molecule has 114 valence electrons. The maximum atomic E-state index is 12.3. The van der Waals surface area contributed by atoms with Crippen molar-refractivity contribution in [1.29, 1.82) is 0 Å². The third kappa shape index (κ3) is 4.58. The van der Waals surface area contributed by atoms with E-state index in [1.54, 1.807) is 18.2 Å². The SMILES string of the molecule is CCC(CC)N(C)CCS(=O)(=O)c1cccc(CN)c1. The van der Waals surface area contributed by atoms with Gasteiger partial charge in [0.1, 0.15) is 0 Å². The highest BCUT2D eigenvalue weighted by Crippen LogP contribution is 2.14. The first-order chi connectivity index (χ1) is 9.44. The molecule has 0 fully saturated rings. The minimum absolute atomic E-state index is 0.147. The average molecular weight is 298 g/mol. The molecule has 0 aromatic heterocycles. The van der Waals surface area contributed by atoms with Gasteiger partial charge in [-0.15, -0.1) is 0 Å². The first kappa shape index (κ1) is 17.1. The summed E-state index contributed by atoms with van der Waals surface area (Å²) in [6.07, 6.45) is 2.07. The molecule has 0 atom stereocenters. The Hall–Kier alpha value is -0.910. The van der Waals surface area contributed by atoms with Crippen LogP contribution >= 0.6 is 0 Å². The van der Waals surface area contributed by atoms with Crippen LogP contribution in [0, 0.1) is 0 Å². The van der Waals surface area contributed by atoms with Crippen molar-refractivity contribution < 1.29 is 8.42 Å². The van der Waals surface area contributed by atoms with Crippen LogP contribution in [-0.2, 0) is 16.4 Å². The van der Waals surface area contributed by atoms with E-state index in [4.69, 9.17) is 5.73 Å². The first-order valence-electron chi connectivity index (χ1n) is 7.16. The second-order valence-electron chi connectivity index (χ2n) is 5.12. The van der Waals surface area contributed by atoms with E-state index in [-0.39, 0.29) is 5.75 Å². The van der Waals surface area contributed by atoms with E-state index in [0.717, 1.165) is 18.4 Å². The summed E-state index contributed by atoms with van der Waals surface area (Å²) in [6.45, 7) is 5.17. The normalized spacial score (nSPS) is 12.3. The number of nitrogens with two attached hydrogens (primary N) is 1. The van der Waals surface area contributed by atoms with Crippen molar-refractivity contribution in [3.8, 4) is 0 Å². The zero-order valence-electron chi connectivity index (χ0n) is 12.7. The Morgan fingerprint density at radius 3 is 2.45 bits per heavy atom. The molecule has 0 bridgehead atoms. The largest absolute Gasteiger partial charge is 0.326 e. The van der Waals surface area contributed by atoms with Crippen molar-refractivity contribution in [2.24, 2.45) is 5.73 Å². The van der Waals surface area contributed by atoms with Gasteiger partial charge >= 0.3 is 0 Å². The maximum absolute atomic E-state index is 12.3. The third-order valence-electron chi connectivity index (χ3n) is 3.77. The summed E-state index contributed by atoms with van der Waals surface area (Å²) in [4.78, 5) is 2.50. The summed E-state index contributed by atoms with van der Waals surface area (Å²) in [5.41, 5.74) is 6.40. The standard InChI is InChI=1S/C15H26N2O2S/c1-4-14(5-2)17(3)9-10-20(18,19)15-8-6-7-13(11-15)12-16/h6-8,11,14H,4-5,9-10,12,16H2,1-3H3. The van der Waals surface area contributed by atoms with Gasteiger partial charge in [0.2, 0.25) is 0 Å². The number of hydrogen-bond acceptors (Lipinski definition) is 4. The highest BCUT2D eigenvalue weighted by molar-refractivity contribution is 7.91. The molecule has 0 aliphatic rings. The molecule has 1 rings (SSSR count). The number of hydrogen-bond donors (Lipinski definition) is 1. The fourth-order valence-corrected chi connectivity index (χ4v) is 3.72. The zero-order valence-corrected chi connectivity index (χ0v) is 13.5. The number of sulfone groups is 1. The summed E-state index contributed by atoms with van der Waals surface area (Å²) in [6, 6.07) is 7.35. The van der Waals surface area contributed by atoms with Gasteiger partial charge in [-0.3, -0.25) is 0 Å². The molecule has 0 aliphatic carbocycles. The predicted molar refractivity (Wildman–Crippen MR) is 83.4 cm³/mol. The lowest BCUT2D eigenvalue weighted by Gasteiger charge is -2.25. The molecule has 0 radical (unpaired) electrons. The van der Waals surface area contributed by atoms with Gasteiger partial charge in [-0.1, -0.05) is 26.0 Å². The Kier molecular flexibility index (Phi) is 6.65. The highest BCUT2D eigenvalue weighted by Gasteiger charge is 2.18. The van der Waals surface area contributed by atoms with Crippen molar-refractivity contribution in [3.63, 3.8) is 0 Å². The second-order valence-corrected chi connectivity index (χ2v) is 7.23. The van der Waals surface area contributed by atoms with E-state index in [2.05, 4.69) is 18.7 Å². The minimum atomic E-state index is -3.24. The fraction of sp³-hybridized carbons (Fsp3) is 0.600. The molecule has 0 saturated carbocycles. The monoisotopic (exact) mass is 298 g/mol. The van der Waals surface area contributed by atoms with Crippen LogP contribution in [0.5, 0.6) is 0 Å². The molecule has 1 aromatic carbocycles. The molecule has 0 saturated heterocycles. The van der Waals surface area contributed by atoms with Crippen LogP contribution in [0.3, 0.4) is 0 Å². The maximum Gasteiger partial charge on any atom is 0.179 e. The molecule has 20 heavy (non-hydrogen) atoms. The molecule has 0 heterocycles. The summed E-state index contributed by atoms with van der Waals surface area (Å²) >= 11 is 0. The quantitative estimate of drug-likeness (QED) is 0.798. The van der Waals surface area contributed by atoms with E-state index >= 15 is 0 Å². The highest BCUT2D eigenvalue weighted by atomic mass is 32.2. The summed E-state index contributed by atoms with van der Waals surface area (Å²) in [5, 5.41) is 0. The summed E-state index contributed by atoms with van der Waals surface area (Å²) < 4.78 is 24.7. The lowest BCUT2D eigenvalue weighted by atomic mass is 10.1. The van der Waals surface area contributed by atoms with Gasteiger partial charge in [0.05, 0.1) is 10.6 Å². The molecule has 2 N–H and O–H groups in total. The Labute approximate surface area is 122 Å². The van der Waals surface area contributed by atoms with Gasteiger partial charge in [0.25, 0.3) is 0 Å². The van der Waals surface area contributed by atoms with E-state index in [1.807, 2.05) is 13.1 Å². The minimum Gasteiger partial charge on any atom is -0.326 e. The molecule has 0 unspecified atom stereocenters.